The van der Waals surface area contributed by atoms with Gasteiger partial charge in [0.1, 0.15) is 0 Å². The Kier molecular flexibility index (Phi) is 10.1. The zero-order chi connectivity index (χ0) is 18.0. The second-order valence-corrected chi connectivity index (χ2v) is 9.81. The summed E-state index contributed by atoms with van der Waals surface area (Å²) in [5.74, 6) is 3.05. The molecule has 1 aliphatic carbocycles. The average Bonchev–Trinajstić information content (AvgIpc) is 2.50. The van der Waals surface area contributed by atoms with Gasteiger partial charge in [0.05, 0.1) is 13.0 Å². The van der Waals surface area contributed by atoms with Gasteiger partial charge in [-0.2, -0.15) is 11.8 Å². The third kappa shape index (κ3) is 9.15. The van der Waals surface area contributed by atoms with Crippen molar-refractivity contribution < 1.29 is 9.53 Å². The SMILES string of the molecule is CC(C)CCCCCOC(=O)CCSC1(C)C=CC(C(C)C)CC1. The topological polar surface area (TPSA) is 26.3 Å². The maximum atomic E-state index is 11.8. The summed E-state index contributed by atoms with van der Waals surface area (Å²) in [6.07, 6.45) is 12.4. The van der Waals surface area contributed by atoms with Crippen LogP contribution < -0.4 is 0 Å². The van der Waals surface area contributed by atoms with E-state index in [0.29, 0.717) is 13.0 Å². The molecule has 1 rings (SSSR count). The standard InChI is InChI=1S/C21H38O2S/c1-17(2)9-7-6-8-15-23-20(22)12-16-24-21(5)13-10-19(11-14-21)18(3)4/h10,13,17-19H,6-9,11-12,14-16H2,1-5H3. The van der Waals surface area contributed by atoms with Gasteiger partial charge in [-0.25, -0.2) is 0 Å². The molecule has 24 heavy (non-hydrogen) atoms. The van der Waals surface area contributed by atoms with E-state index in [0.717, 1.165) is 29.9 Å². The van der Waals surface area contributed by atoms with Gasteiger partial charge in [-0.05, 0) is 43.9 Å². The number of hydrogen-bond acceptors (Lipinski definition) is 3. The Morgan fingerprint density at radius 2 is 2.00 bits per heavy atom. The highest BCUT2D eigenvalue weighted by atomic mass is 32.2. The lowest BCUT2D eigenvalue weighted by Gasteiger charge is -2.33. The Labute approximate surface area is 154 Å². The summed E-state index contributed by atoms with van der Waals surface area (Å²) in [5, 5.41) is 0. The average molecular weight is 355 g/mol. The summed E-state index contributed by atoms with van der Waals surface area (Å²) in [7, 11) is 0. The molecule has 3 heteroatoms. The van der Waals surface area contributed by atoms with Crippen LogP contribution >= 0.6 is 11.8 Å². The molecule has 0 bridgehead atoms. The molecule has 2 unspecified atom stereocenters. The first-order valence-corrected chi connectivity index (χ1v) is 10.8. The molecule has 0 spiro atoms. The van der Waals surface area contributed by atoms with Crippen LogP contribution in [0.5, 0.6) is 0 Å². The van der Waals surface area contributed by atoms with E-state index in [1.807, 2.05) is 11.8 Å². The number of rotatable bonds is 11. The molecule has 0 radical (unpaired) electrons. The smallest absolute Gasteiger partial charge is 0.306 e. The zero-order valence-corrected chi connectivity index (χ0v) is 17.3. The quantitative estimate of drug-likeness (QED) is 0.249. The van der Waals surface area contributed by atoms with E-state index in [1.165, 1.54) is 32.1 Å². The van der Waals surface area contributed by atoms with Crippen molar-refractivity contribution >= 4 is 17.7 Å². The fraction of sp³-hybridized carbons (Fsp3) is 0.857. The fourth-order valence-electron chi connectivity index (χ4n) is 3.09. The first-order valence-electron chi connectivity index (χ1n) is 9.81. The van der Waals surface area contributed by atoms with E-state index in [4.69, 9.17) is 4.74 Å². The van der Waals surface area contributed by atoms with Gasteiger partial charge >= 0.3 is 5.97 Å². The molecule has 1 aliphatic rings. The molecule has 0 aromatic rings. The van der Waals surface area contributed by atoms with Crippen LogP contribution in [0.15, 0.2) is 12.2 Å². The van der Waals surface area contributed by atoms with E-state index in [9.17, 15) is 4.79 Å². The predicted octanol–water partition coefficient (Wildman–Crippen LogP) is 6.25. The molecule has 0 heterocycles. The van der Waals surface area contributed by atoms with Crippen molar-refractivity contribution in [1.29, 1.82) is 0 Å². The second-order valence-electron chi connectivity index (χ2n) is 8.18. The zero-order valence-electron chi connectivity index (χ0n) is 16.5. The Morgan fingerprint density at radius 1 is 1.25 bits per heavy atom. The number of esters is 1. The van der Waals surface area contributed by atoms with Gasteiger partial charge in [-0.3, -0.25) is 4.79 Å². The molecule has 0 N–H and O–H groups in total. The fourth-order valence-corrected chi connectivity index (χ4v) is 4.26. The van der Waals surface area contributed by atoms with Crippen molar-refractivity contribution in [2.45, 2.75) is 84.3 Å². The van der Waals surface area contributed by atoms with Gasteiger partial charge in [-0.1, -0.05) is 59.1 Å². The van der Waals surface area contributed by atoms with Crippen molar-refractivity contribution in [3.63, 3.8) is 0 Å². The van der Waals surface area contributed by atoms with Crippen LogP contribution in [0.1, 0.15) is 79.6 Å². The van der Waals surface area contributed by atoms with E-state index >= 15 is 0 Å². The summed E-state index contributed by atoms with van der Waals surface area (Å²) >= 11 is 1.90. The molecular weight excluding hydrogens is 316 g/mol. The third-order valence-corrected chi connectivity index (χ3v) is 6.36. The molecule has 0 aromatic heterocycles. The highest BCUT2D eigenvalue weighted by Gasteiger charge is 2.28. The number of hydrogen-bond donors (Lipinski definition) is 0. The van der Waals surface area contributed by atoms with Crippen LogP contribution in [0.4, 0.5) is 0 Å². The lowest BCUT2D eigenvalue weighted by molar-refractivity contribution is -0.143. The summed E-state index contributed by atoms with van der Waals surface area (Å²) in [5.41, 5.74) is 0. The summed E-state index contributed by atoms with van der Waals surface area (Å²) in [6, 6.07) is 0. The monoisotopic (exact) mass is 354 g/mol. The molecule has 0 amide bonds. The normalized spacial score (nSPS) is 23.9. The van der Waals surface area contributed by atoms with Crippen LogP contribution in [0.25, 0.3) is 0 Å². The summed E-state index contributed by atoms with van der Waals surface area (Å²) in [6.45, 7) is 12.0. The van der Waals surface area contributed by atoms with Crippen LogP contribution in [-0.2, 0) is 9.53 Å². The first-order chi connectivity index (χ1) is 11.3. The second kappa shape index (κ2) is 11.2. The van der Waals surface area contributed by atoms with Gasteiger partial charge in [0, 0.05) is 10.5 Å². The maximum Gasteiger partial charge on any atom is 0.306 e. The van der Waals surface area contributed by atoms with E-state index in [2.05, 4.69) is 46.8 Å². The van der Waals surface area contributed by atoms with Gasteiger partial charge in [0.25, 0.3) is 0 Å². The van der Waals surface area contributed by atoms with Crippen LogP contribution in [0, 0.1) is 17.8 Å². The van der Waals surface area contributed by atoms with Gasteiger partial charge in [-0.15, -0.1) is 0 Å². The first kappa shape index (κ1) is 21.6. The minimum Gasteiger partial charge on any atom is -0.466 e. The van der Waals surface area contributed by atoms with Crippen LogP contribution in [0.3, 0.4) is 0 Å². The molecule has 2 atom stereocenters. The van der Waals surface area contributed by atoms with Gasteiger partial charge in [0.15, 0.2) is 0 Å². The molecule has 0 aromatic carbocycles. The number of thioether (sulfide) groups is 1. The lowest BCUT2D eigenvalue weighted by Crippen LogP contribution is -2.25. The molecule has 0 fully saturated rings. The Bertz CT molecular complexity index is 389. The van der Waals surface area contributed by atoms with Crippen molar-refractivity contribution in [3.8, 4) is 0 Å². The number of ether oxygens (including phenoxy) is 1. The van der Waals surface area contributed by atoms with E-state index < -0.39 is 0 Å². The van der Waals surface area contributed by atoms with E-state index in [-0.39, 0.29) is 10.7 Å². The van der Waals surface area contributed by atoms with Gasteiger partial charge in [0.2, 0.25) is 0 Å². The minimum atomic E-state index is -0.0326. The Balaban J connectivity index is 2.10. The van der Waals surface area contributed by atoms with Crippen molar-refractivity contribution in [2.75, 3.05) is 12.4 Å². The summed E-state index contributed by atoms with van der Waals surface area (Å²) < 4.78 is 5.55. The van der Waals surface area contributed by atoms with Crippen molar-refractivity contribution in [1.82, 2.24) is 0 Å². The molecule has 0 saturated carbocycles. The maximum absolute atomic E-state index is 11.8. The van der Waals surface area contributed by atoms with Crippen LogP contribution in [-0.4, -0.2) is 23.1 Å². The number of allylic oxidation sites excluding steroid dienone is 1. The highest BCUT2D eigenvalue weighted by molar-refractivity contribution is 8.00. The molecular formula is C21H38O2S. The van der Waals surface area contributed by atoms with Crippen molar-refractivity contribution in [3.05, 3.63) is 12.2 Å². The molecule has 2 nitrogen and oxygen atoms in total. The van der Waals surface area contributed by atoms with Crippen LogP contribution in [0.2, 0.25) is 0 Å². The predicted molar refractivity (Wildman–Crippen MR) is 106 cm³/mol. The Morgan fingerprint density at radius 3 is 2.58 bits per heavy atom. The number of unbranched alkanes of at least 4 members (excludes halogenated alkanes) is 2. The van der Waals surface area contributed by atoms with Crippen molar-refractivity contribution in [2.24, 2.45) is 17.8 Å². The van der Waals surface area contributed by atoms with E-state index in [1.54, 1.807) is 0 Å². The molecule has 0 saturated heterocycles. The minimum absolute atomic E-state index is 0.0326. The molecule has 140 valence electrons. The lowest BCUT2D eigenvalue weighted by atomic mass is 9.83. The number of carbonyl (C=O) groups excluding carboxylic acids is 1. The third-order valence-electron chi connectivity index (χ3n) is 4.95. The number of carbonyl (C=O) groups is 1. The largest absolute Gasteiger partial charge is 0.466 e. The molecule has 0 aliphatic heterocycles. The Hall–Kier alpha value is -0.440. The highest BCUT2D eigenvalue weighted by Crippen LogP contribution is 2.39. The summed E-state index contributed by atoms with van der Waals surface area (Å²) in [4.78, 5) is 11.8. The van der Waals surface area contributed by atoms with Gasteiger partial charge < -0.3 is 4.74 Å².